The molecule has 1 atom stereocenters. The van der Waals surface area contributed by atoms with Crippen LogP contribution in [0.5, 0.6) is 0 Å². The van der Waals surface area contributed by atoms with Crippen molar-refractivity contribution in [3.8, 4) is 11.1 Å². The summed E-state index contributed by atoms with van der Waals surface area (Å²) in [6.45, 7) is 3.64. The molecule has 2 aromatic rings. The van der Waals surface area contributed by atoms with Gasteiger partial charge < -0.3 is 4.90 Å². The number of piperazine rings is 1. The Morgan fingerprint density at radius 2 is 1.92 bits per heavy atom. The fourth-order valence-electron chi connectivity index (χ4n) is 3.62. The molecule has 26 heavy (non-hydrogen) atoms. The number of hydrogen-bond acceptors (Lipinski definition) is 4. The predicted octanol–water partition coefficient (Wildman–Crippen LogP) is 2.35. The third-order valence-electron chi connectivity index (χ3n) is 5.08. The molecule has 0 amide bonds. The third kappa shape index (κ3) is 2.91. The summed E-state index contributed by atoms with van der Waals surface area (Å²) in [5, 5.41) is 3.33. The van der Waals surface area contributed by atoms with Gasteiger partial charge in [-0.2, -0.15) is 0 Å². The Kier molecular flexibility index (Phi) is 4.08. The Morgan fingerprint density at radius 1 is 1.15 bits per heavy atom. The molecule has 1 unspecified atom stereocenters. The molecule has 4 rings (SSSR count). The lowest BCUT2D eigenvalue weighted by molar-refractivity contribution is 0.306. The van der Waals surface area contributed by atoms with E-state index in [0.717, 1.165) is 5.56 Å². The lowest BCUT2D eigenvalue weighted by atomic mass is 9.87. The number of fused-ring (bicyclic) bond motifs is 1. The molecule has 7 heteroatoms. The number of nitrogens with zero attached hydrogens (tertiary/aromatic N) is 2. The monoisotopic (exact) mass is 373 g/mol. The number of rotatable bonds is 2. The average molecular weight is 373 g/mol. The summed E-state index contributed by atoms with van der Waals surface area (Å²) in [5.74, 6) is 0.128. The first-order valence-corrected chi connectivity index (χ1v) is 10.2. The molecule has 0 saturated carbocycles. The van der Waals surface area contributed by atoms with Gasteiger partial charge in [-0.15, -0.1) is 4.40 Å². The van der Waals surface area contributed by atoms with Crippen LogP contribution < -0.4 is 5.32 Å². The Labute approximate surface area is 152 Å². The topological polar surface area (TPSA) is 61.8 Å². The molecular formula is C19H20FN3O2S. The Bertz CT molecular complexity index is 976. The molecule has 0 aromatic heterocycles. The molecule has 1 N–H and O–H groups in total. The highest BCUT2D eigenvalue weighted by molar-refractivity contribution is 7.90. The highest BCUT2D eigenvalue weighted by Gasteiger charge is 2.42. The molecule has 1 fully saturated rings. The molecule has 2 heterocycles. The van der Waals surface area contributed by atoms with Crippen LogP contribution in [0.15, 0.2) is 52.9 Å². The van der Waals surface area contributed by atoms with E-state index in [1.165, 1.54) is 6.07 Å². The molecule has 1 saturated heterocycles. The smallest absolute Gasteiger partial charge is 0.256 e. The maximum atomic E-state index is 14.8. The van der Waals surface area contributed by atoms with Crippen molar-refractivity contribution < 1.29 is 12.8 Å². The van der Waals surface area contributed by atoms with Gasteiger partial charge in [0.2, 0.25) is 0 Å². The average Bonchev–Trinajstić information content (AvgIpc) is 2.63. The van der Waals surface area contributed by atoms with Gasteiger partial charge in [0, 0.05) is 25.2 Å². The van der Waals surface area contributed by atoms with Crippen LogP contribution in [0.2, 0.25) is 0 Å². The minimum absolute atomic E-state index is 0.0217. The van der Waals surface area contributed by atoms with Gasteiger partial charge in [-0.05, 0) is 24.1 Å². The van der Waals surface area contributed by atoms with Crippen LogP contribution in [0.25, 0.3) is 11.1 Å². The van der Waals surface area contributed by atoms with Crippen LogP contribution in [0.3, 0.4) is 0 Å². The largest absolute Gasteiger partial charge is 0.355 e. The quantitative estimate of drug-likeness (QED) is 0.878. The molecule has 0 bridgehead atoms. The van der Waals surface area contributed by atoms with Crippen LogP contribution in [0, 0.1) is 5.82 Å². The Hall–Kier alpha value is -2.25. The van der Waals surface area contributed by atoms with Gasteiger partial charge in [0.25, 0.3) is 10.0 Å². The lowest BCUT2D eigenvalue weighted by Gasteiger charge is -2.45. The van der Waals surface area contributed by atoms with E-state index in [4.69, 9.17) is 0 Å². The van der Waals surface area contributed by atoms with Gasteiger partial charge in [0.15, 0.2) is 0 Å². The van der Waals surface area contributed by atoms with Crippen LogP contribution in [0.4, 0.5) is 4.39 Å². The van der Waals surface area contributed by atoms with E-state index in [1.807, 2.05) is 48.2 Å². The van der Waals surface area contributed by atoms with Crippen molar-refractivity contribution in [1.82, 2.24) is 10.2 Å². The first-order valence-electron chi connectivity index (χ1n) is 8.58. The normalized spacial score (nSPS) is 24.7. The van der Waals surface area contributed by atoms with Gasteiger partial charge >= 0.3 is 0 Å². The summed E-state index contributed by atoms with van der Waals surface area (Å²) in [5.41, 5.74) is 1.14. The number of hydrogen-bond donors (Lipinski definition) is 1. The number of sulfonamides is 1. The van der Waals surface area contributed by atoms with Gasteiger partial charge in [-0.3, -0.25) is 5.32 Å². The third-order valence-corrected chi connectivity index (χ3v) is 6.23. The van der Waals surface area contributed by atoms with Crippen LogP contribution in [-0.2, 0) is 15.6 Å². The molecule has 5 nitrogen and oxygen atoms in total. The predicted molar refractivity (Wildman–Crippen MR) is 100.0 cm³/mol. The van der Waals surface area contributed by atoms with Crippen molar-refractivity contribution in [3.63, 3.8) is 0 Å². The minimum Gasteiger partial charge on any atom is -0.355 e. The van der Waals surface area contributed by atoms with Gasteiger partial charge in [-0.1, -0.05) is 42.5 Å². The molecule has 136 valence electrons. The van der Waals surface area contributed by atoms with Crippen molar-refractivity contribution >= 4 is 15.9 Å². The second kappa shape index (κ2) is 6.17. The zero-order valence-corrected chi connectivity index (χ0v) is 15.3. The summed E-state index contributed by atoms with van der Waals surface area (Å²) < 4.78 is 42.9. The van der Waals surface area contributed by atoms with Crippen LogP contribution in [-0.4, -0.2) is 44.5 Å². The van der Waals surface area contributed by atoms with E-state index in [9.17, 15) is 12.8 Å². The standard InChI is InChI=1S/C19H20FN3O2S/c1-19(18-22-26(24,25)12-11-23(18)10-9-21-19)15-7-8-16(17(20)13-15)14-5-3-2-4-6-14/h2-8,13,21H,9-12H2,1H3. The van der Waals surface area contributed by atoms with Gasteiger partial charge in [0.05, 0.1) is 5.75 Å². The first-order chi connectivity index (χ1) is 12.4. The van der Waals surface area contributed by atoms with Crippen LogP contribution in [0.1, 0.15) is 12.5 Å². The van der Waals surface area contributed by atoms with E-state index in [1.54, 1.807) is 6.07 Å². The van der Waals surface area contributed by atoms with E-state index in [-0.39, 0.29) is 11.6 Å². The maximum absolute atomic E-state index is 14.8. The fourth-order valence-corrected chi connectivity index (χ4v) is 4.72. The lowest BCUT2D eigenvalue weighted by Crippen LogP contribution is -2.62. The molecule has 2 aliphatic heterocycles. The van der Waals surface area contributed by atoms with E-state index < -0.39 is 15.6 Å². The number of amidine groups is 1. The van der Waals surface area contributed by atoms with E-state index >= 15 is 0 Å². The molecule has 0 spiro atoms. The Morgan fingerprint density at radius 3 is 2.65 bits per heavy atom. The molecule has 0 radical (unpaired) electrons. The second-order valence-electron chi connectivity index (χ2n) is 6.80. The molecular weight excluding hydrogens is 353 g/mol. The molecule has 2 aliphatic rings. The summed E-state index contributed by atoms with van der Waals surface area (Å²) in [7, 11) is -3.48. The zero-order chi connectivity index (χ0) is 18.4. The minimum atomic E-state index is -3.48. The van der Waals surface area contributed by atoms with Crippen molar-refractivity contribution in [2.24, 2.45) is 4.40 Å². The first kappa shape index (κ1) is 17.2. The van der Waals surface area contributed by atoms with Gasteiger partial charge in [0.1, 0.15) is 17.2 Å². The van der Waals surface area contributed by atoms with Crippen molar-refractivity contribution in [1.29, 1.82) is 0 Å². The van der Waals surface area contributed by atoms with Crippen molar-refractivity contribution in [2.45, 2.75) is 12.5 Å². The SMILES string of the molecule is CC1(c2ccc(-c3ccccc3)c(F)c2)NCCN2CCS(=O)(=O)N=C21. The maximum Gasteiger partial charge on any atom is 0.256 e. The summed E-state index contributed by atoms with van der Waals surface area (Å²) in [6.07, 6.45) is 0. The number of benzene rings is 2. The number of halogens is 1. The van der Waals surface area contributed by atoms with Crippen molar-refractivity contribution in [3.05, 3.63) is 59.9 Å². The Balaban J connectivity index is 1.79. The summed E-state index contributed by atoms with van der Waals surface area (Å²) in [6, 6.07) is 14.4. The second-order valence-corrected chi connectivity index (χ2v) is 8.56. The fraction of sp³-hybridized carbons (Fsp3) is 0.316. The molecule has 0 aliphatic carbocycles. The summed E-state index contributed by atoms with van der Waals surface area (Å²) in [4.78, 5) is 1.97. The highest BCUT2D eigenvalue weighted by Crippen LogP contribution is 2.32. The van der Waals surface area contributed by atoms with E-state index in [0.29, 0.717) is 36.6 Å². The number of nitrogens with one attached hydrogen (secondary N) is 1. The summed E-state index contributed by atoms with van der Waals surface area (Å²) >= 11 is 0. The van der Waals surface area contributed by atoms with Gasteiger partial charge in [-0.25, -0.2) is 12.8 Å². The van der Waals surface area contributed by atoms with Crippen molar-refractivity contribution in [2.75, 3.05) is 25.4 Å². The van der Waals surface area contributed by atoms with E-state index in [2.05, 4.69) is 9.71 Å². The highest BCUT2D eigenvalue weighted by atomic mass is 32.2. The molecule has 2 aromatic carbocycles. The van der Waals surface area contributed by atoms with Crippen LogP contribution >= 0.6 is 0 Å². The zero-order valence-electron chi connectivity index (χ0n) is 14.4.